The van der Waals surface area contributed by atoms with Crippen molar-refractivity contribution in [3.8, 4) is 0 Å². The zero-order valence-corrected chi connectivity index (χ0v) is 10.7. The van der Waals surface area contributed by atoms with Gasteiger partial charge in [-0.2, -0.15) is 0 Å². The standard InChI is InChI=1S/C12H16ClNOS/c13-9-3-4-11(14)12(8-9)16-7-5-10-2-1-6-15-10/h3-4,8,10H,1-2,5-7,14H2. The maximum atomic E-state index is 5.93. The van der Waals surface area contributed by atoms with Gasteiger partial charge in [0.25, 0.3) is 0 Å². The van der Waals surface area contributed by atoms with Crippen LogP contribution >= 0.6 is 23.4 Å². The van der Waals surface area contributed by atoms with Crippen molar-refractivity contribution in [1.29, 1.82) is 0 Å². The molecule has 1 aliphatic heterocycles. The first-order chi connectivity index (χ1) is 7.75. The number of halogens is 1. The van der Waals surface area contributed by atoms with Crippen LogP contribution in [0.3, 0.4) is 0 Å². The molecule has 0 spiro atoms. The smallest absolute Gasteiger partial charge is 0.0584 e. The molecular weight excluding hydrogens is 242 g/mol. The number of nitrogens with two attached hydrogens (primary N) is 1. The normalized spacial score (nSPS) is 20.2. The van der Waals surface area contributed by atoms with E-state index in [-0.39, 0.29) is 0 Å². The van der Waals surface area contributed by atoms with E-state index in [0.29, 0.717) is 6.10 Å². The first-order valence-electron chi connectivity index (χ1n) is 5.55. The molecule has 4 heteroatoms. The predicted molar refractivity (Wildman–Crippen MR) is 70.2 cm³/mol. The molecule has 1 fully saturated rings. The van der Waals surface area contributed by atoms with Gasteiger partial charge in [-0.15, -0.1) is 11.8 Å². The fourth-order valence-corrected chi connectivity index (χ4v) is 3.09. The van der Waals surface area contributed by atoms with Gasteiger partial charge in [0, 0.05) is 28.0 Å². The number of thioether (sulfide) groups is 1. The zero-order valence-electron chi connectivity index (χ0n) is 9.12. The first kappa shape index (κ1) is 12.1. The summed E-state index contributed by atoms with van der Waals surface area (Å²) in [7, 11) is 0. The van der Waals surface area contributed by atoms with Gasteiger partial charge in [0.2, 0.25) is 0 Å². The lowest BCUT2D eigenvalue weighted by atomic mass is 10.2. The molecule has 0 bridgehead atoms. The lowest BCUT2D eigenvalue weighted by molar-refractivity contribution is 0.109. The summed E-state index contributed by atoms with van der Waals surface area (Å²) in [5.41, 5.74) is 6.68. The molecule has 1 atom stereocenters. The molecule has 2 rings (SSSR count). The molecule has 1 unspecified atom stereocenters. The highest BCUT2D eigenvalue weighted by Crippen LogP contribution is 2.29. The summed E-state index contributed by atoms with van der Waals surface area (Å²) in [4.78, 5) is 1.07. The highest BCUT2D eigenvalue weighted by molar-refractivity contribution is 7.99. The average Bonchev–Trinajstić information content (AvgIpc) is 2.76. The molecule has 2 nitrogen and oxygen atoms in total. The third kappa shape index (κ3) is 3.30. The van der Waals surface area contributed by atoms with Crippen LogP contribution in [0.25, 0.3) is 0 Å². The van der Waals surface area contributed by atoms with Gasteiger partial charge in [0.05, 0.1) is 6.10 Å². The molecule has 1 saturated heterocycles. The number of ether oxygens (including phenoxy) is 1. The van der Waals surface area contributed by atoms with Crippen LogP contribution in [-0.4, -0.2) is 18.5 Å². The van der Waals surface area contributed by atoms with Crippen LogP contribution in [0.2, 0.25) is 5.02 Å². The van der Waals surface area contributed by atoms with E-state index in [1.807, 2.05) is 18.2 Å². The summed E-state index contributed by atoms with van der Waals surface area (Å²) in [6, 6.07) is 5.61. The van der Waals surface area contributed by atoms with Crippen molar-refractivity contribution in [2.45, 2.75) is 30.3 Å². The Hall–Kier alpha value is -0.380. The lowest BCUT2D eigenvalue weighted by Crippen LogP contribution is -2.05. The molecule has 1 heterocycles. The molecular formula is C12H16ClNOS. The summed E-state index contributed by atoms with van der Waals surface area (Å²) in [5.74, 6) is 1.04. The quantitative estimate of drug-likeness (QED) is 0.661. The van der Waals surface area contributed by atoms with Gasteiger partial charge in [-0.1, -0.05) is 11.6 Å². The van der Waals surface area contributed by atoms with Crippen molar-refractivity contribution in [3.63, 3.8) is 0 Å². The van der Waals surface area contributed by atoms with E-state index < -0.39 is 0 Å². The van der Waals surface area contributed by atoms with Crippen molar-refractivity contribution in [2.75, 3.05) is 18.1 Å². The van der Waals surface area contributed by atoms with Crippen molar-refractivity contribution < 1.29 is 4.74 Å². The van der Waals surface area contributed by atoms with Gasteiger partial charge >= 0.3 is 0 Å². The van der Waals surface area contributed by atoms with E-state index in [1.54, 1.807) is 11.8 Å². The number of anilines is 1. The van der Waals surface area contributed by atoms with Crippen LogP contribution in [0, 0.1) is 0 Å². The maximum Gasteiger partial charge on any atom is 0.0584 e. The Morgan fingerprint density at radius 1 is 1.50 bits per heavy atom. The molecule has 1 aromatic carbocycles. The van der Waals surface area contributed by atoms with E-state index in [2.05, 4.69) is 0 Å². The van der Waals surface area contributed by atoms with E-state index >= 15 is 0 Å². The summed E-state index contributed by atoms with van der Waals surface area (Å²) in [5, 5.41) is 0.744. The molecule has 0 amide bonds. The fraction of sp³-hybridized carbons (Fsp3) is 0.500. The summed E-state index contributed by atoms with van der Waals surface area (Å²) >= 11 is 7.69. The topological polar surface area (TPSA) is 35.2 Å². The van der Waals surface area contributed by atoms with Crippen molar-refractivity contribution in [3.05, 3.63) is 23.2 Å². The third-order valence-electron chi connectivity index (χ3n) is 2.70. The third-order valence-corrected chi connectivity index (χ3v) is 4.04. The Morgan fingerprint density at radius 3 is 3.12 bits per heavy atom. The van der Waals surface area contributed by atoms with Gasteiger partial charge < -0.3 is 10.5 Å². The van der Waals surface area contributed by atoms with Gasteiger partial charge in [0.15, 0.2) is 0 Å². The Balaban J connectivity index is 1.82. The second kappa shape index (κ2) is 5.80. The second-order valence-electron chi connectivity index (χ2n) is 3.95. The van der Waals surface area contributed by atoms with Crippen molar-refractivity contribution >= 4 is 29.1 Å². The van der Waals surface area contributed by atoms with Gasteiger partial charge in [-0.05, 0) is 37.5 Å². The minimum atomic E-state index is 0.452. The number of hydrogen-bond donors (Lipinski definition) is 1. The second-order valence-corrected chi connectivity index (χ2v) is 5.53. The van der Waals surface area contributed by atoms with Crippen LogP contribution in [0.5, 0.6) is 0 Å². The molecule has 1 aromatic rings. The Kier molecular flexibility index (Phi) is 4.38. The van der Waals surface area contributed by atoms with Gasteiger partial charge in [-0.3, -0.25) is 0 Å². The monoisotopic (exact) mass is 257 g/mol. The number of rotatable bonds is 4. The SMILES string of the molecule is Nc1ccc(Cl)cc1SCCC1CCCO1. The van der Waals surface area contributed by atoms with Crippen LogP contribution in [0.4, 0.5) is 5.69 Å². The Bertz CT molecular complexity index is 353. The van der Waals surface area contributed by atoms with E-state index in [1.165, 1.54) is 12.8 Å². The predicted octanol–water partition coefficient (Wildman–Crippen LogP) is 3.58. The molecule has 2 N–H and O–H groups in total. The highest BCUT2D eigenvalue weighted by Gasteiger charge is 2.15. The van der Waals surface area contributed by atoms with E-state index in [9.17, 15) is 0 Å². The zero-order chi connectivity index (χ0) is 11.4. The van der Waals surface area contributed by atoms with Gasteiger partial charge in [0.1, 0.15) is 0 Å². The van der Waals surface area contributed by atoms with Crippen LogP contribution in [0.1, 0.15) is 19.3 Å². The highest BCUT2D eigenvalue weighted by atomic mass is 35.5. The van der Waals surface area contributed by atoms with Gasteiger partial charge in [-0.25, -0.2) is 0 Å². The number of nitrogen functional groups attached to an aromatic ring is 1. The average molecular weight is 258 g/mol. The largest absolute Gasteiger partial charge is 0.398 e. The number of benzene rings is 1. The summed E-state index contributed by atoms with van der Waals surface area (Å²) in [6.45, 7) is 0.925. The maximum absolute atomic E-state index is 5.93. The van der Waals surface area contributed by atoms with E-state index in [0.717, 1.165) is 34.4 Å². The molecule has 0 saturated carbocycles. The van der Waals surface area contributed by atoms with Crippen LogP contribution < -0.4 is 5.73 Å². The Labute approximate surface area is 105 Å². The molecule has 0 radical (unpaired) electrons. The molecule has 88 valence electrons. The first-order valence-corrected chi connectivity index (χ1v) is 6.91. The fourth-order valence-electron chi connectivity index (χ4n) is 1.81. The molecule has 0 aliphatic carbocycles. The molecule has 0 aromatic heterocycles. The summed E-state index contributed by atoms with van der Waals surface area (Å²) < 4.78 is 5.57. The summed E-state index contributed by atoms with van der Waals surface area (Å²) in [6.07, 6.45) is 3.95. The van der Waals surface area contributed by atoms with Crippen LogP contribution in [-0.2, 0) is 4.74 Å². The van der Waals surface area contributed by atoms with E-state index in [4.69, 9.17) is 22.1 Å². The lowest BCUT2D eigenvalue weighted by Gasteiger charge is -2.09. The minimum Gasteiger partial charge on any atom is -0.398 e. The minimum absolute atomic E-state index is 0.452. The number of hydrogen-bond acceptors (Lipinski definition) is 3. The Morgan fingerprint density at radius 2 is 2.38 bits per heavy atom. The molecule has 1 aliphatic rings. The van der Waals surface area contributed by atoms with Crippen LogP contribution in [0.15, 0.2) is 23.1 Å². The molecule has 16 heavy (non-hydrogen) atoms. The van der Waals surface area contributed by atoms with Crippen molar-refractivity contribution in [1.82, 2.24) is 0 Å². The van der Waals surface area contributed by atoms with Crippen molar-refractivity contribution in [2.24, 2.45) is 0 Å².